The topological polar surface area (TPSA) is 38.3 Å². The van der Waals surface area contributed by atoms with E-state index in [4.69, 9.17) is 4.74 Å². The molecule has 19 heavy (non-hydrogen) atoms. The van der Waals surface area contributed by atoms with Gasteiger partial charge in [0, 0.05) is 12.6 Å². The highest BCUT2D eigenvalue weighted by atomic mass is 16.5. The number of nitrogens with one attached hydrogen (secondary N) is 1. The van der Waals surface area contributed by atoms with E-state index in [9.17, 15) is 4.79 Å². The molecule has 3 nitrogen and oxygen atoms in total. The fourth-order valence-electron chi connectivity index (χ4n) is 1.68. The minimum absolute atomic E-state index is 0.251. The minimum atomic E-state index is -0.251. The van der Waals surface area contributed by atoms with Crippen LogP contribution >= 0.6 is 0 Å². The number of ether oxygens (including phenoxy) is 1. The van der Waals surface area contributed by atoms with Crippen molar-refractivity contribution in [3.05, 3.63) is 47.0 Å². The summed E-state index contributed by atoms with van der Waals surface area (Å²) in [6.45, 7) is 8.03. The lowest BCUT2D eigenvalue weighted by Crippen LogP contribution is -2.17. The highest BCUT2D eigenvalue weighted by Gasteiger charge is 1.98. The van der Waals surface area contributed by atoms with E-state index in [1.54, 1.807) is 0 Å². The lowest BCUT2D eigenvalue weighted by Gasteiger charge is -2.07. The molecule has 0 aromatic heterocycles. The number of carbonyl (C=O) groups is 1. The Kier molecular flexibility index (Phi) is 6.90. The molecule has 0 saturated carbocycles. The molecule has 0 amide bonds. The predicted octanol–water partition coefficient (Wildman–Crippen LogP) is 2.98. The van der Waals surface area contributed by atoms with Gasteiger partial charge in [0.05, 0.1) is 6.61 Å². The van der Waals surface area contributed by atoms with Crippen LogP contribution in [0.4, 0.5) is 0 Å². The van der Waals surface area contributed by atoms with Gasteiger partial charge in [-0.05, 0) is 44.9 Å². The third-order valence-corrected chi connectivity index (χ3v) is 2.73. The summed E-state index contributed by atoms with van der Waals surface area (Å²) in [5.41, 5.74) is 3.57. The normalized spacial score (nSPS) is 10.1. The Balaban J connectivity index is 2.11. The van der Waals surface area contributed by atoms with Crippen molar-refractivity contribution in [1.82, 2.24) is 5.32 Å². The first kappa shape index (κ1) is 15.4. The van der Waals surface area contributed by atoms with Crippen LogP contribution in [-0.4, -0.2) is 19.1 Å². The van der Waals surface area contributed by atoms with Crippen LogP contribution in [-0.2, 0) is 16.1 Å². The van der Waals surface area contributed by atoms with Gasteiger partial charge >= 0.3 is 5.97 Å². The number of hydrogen-bond donors (Lipinski definition) is 1. The van der Waals surface area contributed by atoms with E-state index in [0.717, 1.165) is 25.1 Å². The van der Waals surface area contributed by atoms with Crippen LogP contribution in [0.15, 0.2) is 35.9 Å². The Labute approximate surface area is 115 Å². The maximum Gasteiger partial charge on any atom is 0.330 e. The fourth-order valence-corrected chi connectivity index (χ4v) is 1.68. The van der Waals surface area contributed by atoms with Gasteiger partial charge in [-0.1, -0.05) is 29.8 Å². The lowest BCUT2D eigenvalue weighted by atomic mass is 10.1. The molecule has 0 fully saturated rings. The van der Waals surface area contributed by atoms with E-state index in [-0.39, 0.29) is 5.97 Å². The second-order valence-electron chi connectivity index (χ2n) is 4.85. The van der Waals surface area contributed by atoms with Crippen molar-refractivity contribution >= 4 is 5.97 Å². The second kappa shape index (κ2) is 8.48. The van der Waals surface area contributed by atoms with Gasteiger partial charge in [-0.25, -0.2) is 4.79 Å². The molecule has 3 heteroatoms. The summed E-state index contributed by atoms with van der Waals surface area (Å²) in [5.74, 6) is -0.251. The first-order valence-corrected chi connectivity index (χ1v) is 6.66. The third kappa shape index (κ3) is 6.77. The average Bonchev–Trinajstić information content (AvgIpc) is 2.34. The summed E-state index contributed by atoms with van der Waals surface area (Å²) in [7, 11) is 0. The second-order valence-corrected chi connectivity index (χ2v) is 4.85. The van der Waals surface area contributed by atoms with Crippen LogP contribution < -0.4 is 5.32 Å². The molecule has 0 aliphatic heterocycles. The Morgan fingerprint density at radius 1 is 1.32 bits per heavy atom. The molecule has 0 saturated heterocycles. The number of benzene rings is 1. The molecule has 0 unspecified atom stereocenters. The van der Waals surface area contributed by atoms with E-state index < -0.39 is 0 Å². The van der Waals surface area contributed by atoms with Crippen molar-refractivity contribution in [1.29, 1.82) is 0 Å². The molecule has 1 aromatic carbocycles. The molecule has 104 valence electrons. The Morgan fingerprint density at radius 3 is 2.74 bits per heavy atom. The van der Waals surface area contributed by atoms with E-state index in [0.29, 0.717) is 6.61 Å². The van der Waals surface area contributed by atoms with Crippen LogP contribution in [0.25, 0.3) is 0 Å². The summed E-state index contributed by atoms with van der Waals surface area (Å²) in [5, 5.41) is 3.35. The third-order valence-electron chi connectivity index (χ3n) is 2.73. The molecule has 1 aromatic rings. The van der Waals surface area contributed by atoms with Crippen molar-refractivity contribution in [3.63, 3.8) is 0 Å². The number of esters is 1. The number of carbonyl (C=O) groups excluding carboxylic acids is 1. The van der Waals surface area contributed by atoms with Gasteiger partial charge in [-0.2, -0.15) is 0 Å². The largest absolute Gasteiger partial charge is 0.462 e. The SMILES string of the molecule is CC(C)=CC(=O)OCCCNCc1ccccc1C. The summed E-state index contributed by atoms with van der Waals surface area (Å²) in [6.07, 6.45) is 2.34. The molecule has 1 N–H and O–H groups in total. The maximum absolute atomic E-state index is 11.2. The minimum Gasteiger partial charge on any atom is -0.462 e. The molecular weight excluding hydrogens is 238 g/mol. The molecule has 0 atom stereocenters. The zero-order valence-electron chi connectivity index (χ0n) is 12.0. The highest BCUT2D eigenvalue weighted by Crippen LogP contribution is 2.05. The zero-order chi connectivity index (χ0) is 14.1. The molecule has 0 bridgehead atoms. The molecule has 0 heterocycles. The van der Waals surface area contributed by atoms with Gasteiger partial charge in [0.25, 0.3) is 0 Å². The van der Waals surface area contributed by atoms with Crippen molar-refractivity contribution in [3.8, 4) is 0 Å². The standard InChI is InChI=1S/C16H23NO2/c1-13(2)11-16(18)19-10-6-9-17-12-15-8-5-4-7-14(15)3/h4-5,7-8,11,17H,6,9-10,12H2,1-3H3. The van der Waals surface area contributed by atoms with Crippen molar-refractivity contribution in [2.24, 2.45) is 0 Å². The van der Waals surface area contributed by atoms with Crippen LogP contribution in [0.2, 0.25) is 0 Å². The summed E-state index contributed by atoms with van der Waals surface area (Å²) >= 11 is 0. The molecule has 0 aliphatic carbocycles. The van der Waals surface area contributed by atoms with Gasteiger partial charge in [-0.3, -0.25) is 0 Å². The predicted molar refractivity (Wildman–Crippen MR) is 77.9 cm³/mol. The quantitative estimate of drug-likeness (QED) is 0.466. The maximum atomic E-state index is 11.2. The van der Waals surface area contributed by atoms with E-state index in [2.05, 4.69) is 24.4 Å². The highest BCUT2D eigenvalue weighted by molar-refractivity contribution is 5.82. The monoisotopic (exact) mass is 261 g/mol. The summed E-state index contributed by atoms with van der Waals surface area (Å²) < 4.78 is 5.07. The van der Waals surface area contributed by atoms with Crippen LogP contribution in [0.5, 0.6) is 0 Å². The van der Waals surface area contributed by atoms with Gasteiger partial charge in [0.15, 0.2) is 0 Å². The number of rotatable bonds is 7. The fraction of sp³-hybridized carbons (Fsp3) is 0.438. The first-order valence-electron chi connectivity index (χ1n) is 6.66. The van der Waals surface area contributed by atoms with Gasteiger partial charge in [-0.15, -0.1) is 0 Å². The van der Waals surface area contributed by atoms with Crippen molar-refractivity contribution in [2.75, 3.05) is 13.2 Å². The van der Waals surface area contributed by atoms with E-state index in [1.165, 1.54) is 17.2 Å². The number of allylic oxidation sites excluding steroid dienone is 1. The average molecular weight is 261 g/mol. The molecule has 0 radical (unpaired) electrons. The lowest BCUT2D eigenvalue weighted by molar-refractivity contribution is -0.137. The van der Waals surface area contributed by atoms with Gasteiger partial charge < -0.3 is 10.1 Å². The molecule has 1 rings (SSSR count). The first-order chi connectivity index (χ1) is 9.09. The van der Waals surface area contributed by atoms with E-state index in [1.807, 2.05) is 26.0 Å². The smallest absolute Gasteiger partial charge is 0.330 e. The molecule has 0 aliphatic rings. The van der Waals surface area contributed by atoms with Crippen LogP contribution in [0.3, 0.4) is 0 Å². The molecule has 0 spiro atoms. The number of hydrogen-bond acceptors (Lipinski definition) is 3. The van der Waals surface area contributed by atoms with Gasteiger partial charge in [0.2, 0.25) is 0 Å². The Morgan fingerprint density at radius 2 is 2.05 bits per heavy atom. The molecular formula is C16H23NO2. The Bertz CT molecular complexity index is 434. The number of aryl methyl sites for hydroxylation is 1. The van der Waals surface area contributed by atoms with E-state index >= 15 is 0 Å². The Hall–Kier alpha value is -1.61. The van der Waals surface area contributed by atoms with Crippen molar-refractivity contribution in [2.45, 2.75) is 33.7 Å². The summed E-state index contributed by atoms with van der Waals surface area (Å²) in [6, 6.07) is 8.32. The van der Waals surface area contributed by atoms with Crippen LogP contribution in [0, 0.1) is 6.92 Å². The van der Waals surface area contributed by atoms with Crippen LogP contribution in [0.1, 0.15) is 31.4 Å². The summed E-state index contributed by atoms with van der Waals surface area (Å²) in [4.78, 5) is 11.2. The zero-order valence-corrected chi connectivity index (χ0v) is 12.0. The van der Waals surface area contributed by atoms with Crippen molar-refractivity contribution < 1.29 is 9.53 Å². The van der Waals surface area contributed by atoms with Gasteiger partial charge in [0.1, 0.15) is 0 Å².